The van der Waals surface area contributed by atoms with Gasteiger partial charge in [-0.25, -0.2) is 4.98 Å². The number of aryl methyl sites for hydroxylation is 1. The molecule has 2 amide bonds. The second-order valence-corrected chi connectivity index (χ2v) is 7.76. The molecule has 8 heteroatoms. The van der Waals surface area contributed by atoms with Gasteiger partial charge in [0, 0.05) is 21.7 Å². The van der Waals surface area contributed by atoms with E-state index in [1.54, 1.807) is 41.7 Å². The average molecular weight is 414 g/mol. The second-order valence-electron chi connectivity index (χ2n) is 6.26. The van der Waals surface area contributed by atoms with E-state index < -0.39 is 0 Å². The van der Waals surface area contributed by atoms with Crippen LogP contribution in [0.15, 0.2) is 47.8 Å². The van der Waals surface area contributed by atoms with Gasteiger partial charge in [-0.05, 0) is 49.4 Å². The summed E-state index contributed by atoms with van der Waals surface area (Å²) in [5.74, 6) is -0.0154. The highest BCUT2D eigenvalue weighted by molar-refractivity contribution is 7.09. The van der Waals surface area contributed by atoms with Gasteiger partial charge in [-0.3, -0.25) is 14.5 Å². The lowest BCUT2D eigenvalue weighted by Gasteiger charge is -2.29. The van der Waals surface area contributed by atoms with Crippen LogP contribution in [0.1, 0.15) is 5.01 Å². The number of fused-ring (bicyclic) bond motifs is 1. The fraction of sp³-hybridized carbons (Fsp3) is 0.150. The number of hydrogen-bond donors (Lipinski definition) is 1. The number of ether oxygens (including phenoxy) is 1. The standard InChI is InChI=1S/C20H16ClN3O3S/c1-12-22-16(11-28-12)13-2-7-18-17(8-13)24(20(26)10-27-18)9-19(25)23-15-5-3-14(21)4-6-15/h2-8,11H,9-10H2,1H3,(H,23,25). The Hall–Kier alpha value is -2.90. The van der Waals surface area contributed by atoms with Crippen LogP contribution >= 0.6 is 22.9 Å². The van der Waals surface area contributed by atoms with E-state index in [-0.39, 0.29) is 25.0 Å². The van der Waals surface area contributed by atoms with E-state index >= 15 is 0 Å². The van der Waals surface area contributed by atoms with Crippen LogP contribution in [0.25, 0.3) is 11.3 Å². The van der Waals surface area contributed by atoms with Gasteiger partial charge in [0.25, 0.3) is 5.91 Å². The van der Waals surface area contributed by atoms with Crippen molar-refractivity contribution in [2.24, 2.45) is 0 Å². The van der Waals surface area contributed by atoms with E-state index in [9.17, 15) is 9.59 Å². The lowest BCUT2D eigenvalue weighted by molar-refractivity contribution is -0.123. The minimum atomic E-state index is -0.307. The molecule has 6 nitrogen and oxygen atoms in total. The highest BCUT2D eigenvalue weighted by Crippen LogP contribution is 2.36. The van der Waals surface area contributed by atoms with Gasteiger partial charge in [0.15, 0.2) is 6.61 Å². The zero-order valence-corrected chi connectivity index (χ0v) is 16.5. The fourth-order valence-corrected chi connectivity index (χ4v) is 3.66. The number of nitrogens with one attached hydrogen (secondary N) is 1. The zero-order valence-electron chi connectivity index (χ0n) is 14.9. The van der Waals surface area contributed by atoms with Crippen LogP contribution in [-0.4, -0.2) is 29.9 Å². The predicted molar refractivity (Wildman–Crippen MR) is 110 cm³/mol. The van der Waals surface area contributed by atoms with Crippen molar-refractivity contribution in [3.63, 3.8) is 0 Å². The molecule has 0 unspecified atom stereocenters. The molecule has 0 aliphatic carbocycles. The van der Waals surface area contributed by atoms with Crippen molar-refractivity contribution >= 4 is 46.1 Å². The number of rotatable bonds is 4. The summed E-state index contributed by atoms with van der Waals surface area (Å²) < 4.78 is 5.52. The van der Waals surface area contributed by atoms with Crippen molar-refractivity contribution in [3.8, 4) is 17.0 Å². The topological polar surface area (TPSA) is 71.5 Å². The molecule has 1 aromatic heterocycles. The van der Waals surface area contributed by atoms with Crippen LogP contribution in [-0.2, 0) is 9.59 Å². The third-order valence-corrected chi connectivity index (χ3v) is 5.27. The molecule has 0 atom stereocenters. The normalized spacial score (nSPS) is 13.1. The molecule has 0 saturated heterocycles. The largest absolute Gasteiger partial charge is 0.482 e. The summed E-state index contributed by atoms with van der Waals surface area (Å²) in [6.07, 6.45) is 0. The molecule has 2 aromatic carbocycles. The average Bonchev–Trinajstić information content (AvgIpc) is 3.12. The maximum absolute atomic E-state index is 12.5. The molecule has 0 fully saturated rings. The Morgan fingerprint density at radius 2 is 2.07 bits per heavy atom. The van der Waals surface area contributed by atoms with E-state index in [1.807, 2.05) is 24.4 Å². The first-order valence-corrected chi connectivity index (χ1v) is 9.80. The first kappa shape index (κ1) is 18.5. The first-order chi connectivity index (χ1) is 13.5. The molecule has 0 spiro atoms. The first-order valence-electron chi connectivity index (χ1n) is 8.55. The Morgan fingerprint density at radius 1 is 1.29 bits per heavy atom. The summed E-state index contributed by atoms with van der Waals surface area (Å²) in [5, 5.41) is 6.27. The van der Waals surface area contributed by atoms with E-state index in [2.05, 4.69) is 10.3 Å². The van der Waals surface area contributed by atoms with Gasteiger partial charge in [-0.15, -0.1) is 11.3 Å². The number of carbonyl (C=O) groups excluding carboxylic acids is 2. The number of aromatic nitrogens is 1. The SMILES string of the molecule is Cc1nc(-c2ccc3c(c2)N(CC(=O)Nc2ccc(Cl)cc2)C(=O)CO3)cs1. The summed E-state index contributed by atoms with van der Waals surface area (Å²) in [7, 11) is 0. The van der Waals surface area contributed by atoms with E-state index in [4.69, 9.17) is 16.3 Å². The lowest BCUT2D eigenvalue weighted by Crippen LogP contribution is -2.43. The molecule has 0 bridgehead atoms. The van der Waals surface area contributed by atoms with Gasteiger partial charge < -0.3 is 10.1 Å². The maximum Gasteiger partial charge on any atom is 0.265 e. The third kappa shape index (κ3) is 3.85. The van der Waals surface area contributed by atoms with Crippen LogP contribution in [0.2, 0.25) is 5.02 Å². The van der Waals surface area contributed by atoms with Crippen molar-refractivity contribution in [3.05, 3.63) is 57.9 Å². The summed E-state index contributed by atoms with van der Waals surface area (Å²) in [5.41, 5.74) is 2.87. The molecular weight excluding hydrogens is 398 g/mol. The van der Waals surface area contributed by atoms with E-state index in [0.29, 0.717) is 22.1 Å². The Balaban J connectivity index is 1.58. The van der Waals surface area contributed by atoms with Gasteiger partial charge in [0.1, 0.15) is 12.3 Å². The fourth-order valence-electron chi connectivity index (χ4n) is 2.91. The molecule has 3 aromatic rings. The molecule has 4 rings (SSSR count). The molecule has 1 N–H and O–H groups in total. The van der Waals surface area contributed by atoms with Gasteiger partial charge in [0.05, 0.1) is 16.4 Å². The number of halogens is 1. The number of benzene rings is 2. The number of nitrogens with zero attached hydrogens (tertiary/aromatic N) is 2. The third-order valence-electron chi connectivity index (χ3n) is 4.25. The molecule has 1 aliphatic heterocycles. The lowest BCUT2D eigenvalue weighted by atomic mass is 10.1. The quantitative estimate of drug-likeness (QED) is 0.697. The number of carbonyl (C=O) groups is 2. The van der Waals surface area contributed by atoms with Crippen LogP contribution in [0, 0.1) is 6.92 Å². The highest BCUT2D eigenvalue weighted by atomic mass is 35.5. The van der Waals surface area contributed by atoms with Gasteiger partial charge >= 0.3 is 0 Å². The van der Waals surface area contributed by atoms with Crippen molar-refractivity contribution < 1.29 is 14.3 Å². The number of thiazole rings is 1. The molecule has 142 valence electrons. The van der Waals surface area contributed by atoms with Crippen molar-refractivity contribution in [1.29, 1.82) is 0 Å². The zero-order chi connectivity index (χ0) is 19.7. The summed E-state index contributed by atoms with van der Waals surface area (Å²) in [6.45, 7) is 1.72. The van der Waals surface area contributed by atoms with Crippen LogP contribution < -0.4 is 15.0 Å². The van der Waals surface area contributed by atoms with Crippen LogP contribution in [0.3, 0.4) is 0 Å². The Morgan fingerprint density at radius 3 is 2.79 bits per heavy atom. The van der Waals surface area contributed by atoms with E-state index in [1.165, 1.54) is 4.90 Å². The van der Waals surface area contributed by atoms with Gasteiger partial charge in [-0.2, -0.15) is 0 Å². The van der Waals surface area contributed by atoms with Gasteiger partial charge in [-0.1, -0.05) is 11.6 Å². The van der Waals surface area contributed by atoms with Crippen LogP contribution in [0.5, 0.6) is 5.75 Å². The highest BCUT2D eigenvalue weighted by Gasteiger charge is 2.28. The summed E-state index contributed by atoms with van der Waals surface area (Å²) >= 11 is 7.42. The second kappa shape index (κ2) is 7.61. The van der Waals surface area contributed by atoms with Crippen molar-refractivity contribution in [2.75, 3.05) is 23.4 Å². The smallest absolute Gasteiger partial charge is 0.265 e. The maximum atomic E-state index is 12.5. The number of anilines is 2. The molecule has 28 heavy (non-hydrogen) atoms. The minimum absolute atomic E-state index is 0.101. The van der Waals surface area contributed by atoms with E-state index in [0.717, 1.165) is 16.3 Å². The Kier molecular flexibility index (Phi) is 5.02. The molecular formula is C20H16ClN3O3S. The molecule has 0 saturated carbocycles. The predicted octanol–water partition coefficient (Wildman–Crippen LogP) is 4.14. The van der Waals surface area contributed by atoms with Crippen molar-refractivity contribution in [2.45, 2.75) is 6.92 Å². The molecule has 0 radical (unpaired) electrons. The van der Waals surface area contributed by atoms with Gasteiger partial charge in [0.2, 0.25) is 5.91 Å². The summed E-state index contributed by atoms with van der Waals surface area (Å²) in [4.78, 5) is 30.8. The Bertz CT molecular complexity index is 1050. The Labute approximate surface area is 170 Å². The minimum Gasteiger partial charge on any atom is -0.482 e. The van der Waals surface area contributed by atoms with Crippen LogP contribution in [0.4, 0.5) is 11.4 Å². The van der Waals surface area contributed by atoms with Crippen molar-refractivity contribution in [1.82, 2.24) is 4.98 Å². The summed E-state index contributed by atoms with van der Waals surface area (Å²) in [6, 6.07) is 12.3. The molecule has 1 aliphatic rings. The number of amides is 2. The monoisotopic (exact) mass is 413 g/mol. The molecule has 2 heterocycles. The number of hydrogen-bond acceptors (Lipinski definition) is 5.